The summed E-state index contributed by atoms with van der Waals surface area (Å²) in [4.78, 5) is 29.6. The molecule has 2 aromatic carbocycles. The number of pyridine rings is 1. The van der Waals surface area contributed by atoms with Crippen LogP contribution in [-0.4, -0.2) is 53.9 Å². The quantitative estimate of drug-likeness (QED) is 0.465. The maximum Gasteiger partial charge on any atom is 0.322 e. The molecular weight excluding hydrogens is 508 g/mol. The highest BCUT2D eigenvalue weighted by molar-refractivity contribution is 7.89. The summed E-state index contributed by atoms with van der Waals surface area (Å²) in [6, 6.07) is 16.3. The Bertz CT molecular complexity index is 1530. The molecule has 1 saturated heterocycles. The van der Waals surface area contributed by atoms with Gasteiger partial charge in [0.05, 0.1) is 16.0 Å². The van der Waals surface area contributed by atoms with Gasteiger partial charge in [-0.3, -0.25) is 14.6 Å². The number of fused-ring (bicyclic) bond motifs is 1. The van der Waals surface area contributed by atoms with Crippen molar-refractivity contribution in [2.45, 2.75) is 48.5 Å². The number of ether oxygens (including phenoxy) is 2. The van der Waals surface area contributed by atoms with Crippen LogP contribution in [0.5, 0.6) is 11.5 Å². The third-order valence-electron chi connectivity index (χ3n) is 7.60. The maximum absolute atomic E-state index is 13.4. The number of sulfonamides is 1. The molecule has 2 aliphatic heterocycles. The molecule has 1 aromatic heterocycles. The molecule has 2 fully saturated rings. The molecule has 10 heteroatoms. The lowest BCUT2D eigenvalue weighted by atomic mass is 9.88. The first-order valence-electron chi connectivity index (χ1n) is 12.5. The van der Waals surface area contributed by atoms with Crippen molar-refractivity contribution in [2.24, 2.45) is 0 Å². The fourth-order valence-electron chi connectivity index (χ4n) is 5.33. The van der Waals surface area contributed by atoms with Crippen LogP contribution in [0, 0.1) is 0 Å². The van der Waals surface area contributed by atoms with E-state index >= 15 is 0 Å². The molecule has 9 nitrogen and oxygen atoms in total. The zero-order chi connectivity index (χ0) is 26.5. The van der Waals surface area contributed by atoms with Gasteiger partial charge < -0.3 is 14.6 Å². The molecule has 3 heterocycles. The molecule has 3 aliphatic rings. The van der Waals surface area contributed by atoms with E-state index in [0.717, 1.165) is 22.7 Å². The molecular formula is C28H26N2O7S. The standard InChI is InChI=1S/C28H26N2O7S/c31-26(28(12-13-28)19-8-11-24-25(15-19)37-17-36-24)16-20-3-1-4-22(29-20)18-6-9-21(10-7-18)38(34,35)30-14-2-5-23(30)27(32)33/h1,3-4,6-11,15,23H,2,5,12-14,16-17H2,(H,32,33)/t23-/m0/s1. The van der Waals surface area contributed by atoms with Gasteiger partial charge in [-0.1, -0.05) is 24.3 Å². The van der Waals surface area contributed by atoms with E-state index in [1.54, 1.807) is 12.1 Å². The van der Waals surface area contributed by atoms with Crippen molar-refractivity contribution < 1.29 is 32.6 Å². The van der Waals surface area contributed by atoms with Crippen molar-refractivity contribution >= 4 is 21.8 Å². The van der Waals surface area contributed by atoms with E-state index < -0.39 is 27.4 Å². The molecule has 0 unspecified atom stereocenters. The number of carbonyl (C=O) groups excluding carboxylic acids is 1. The third-order valence-corrected chi connectivity index (χ3v) is 9.53. The van der Waals surface area contributed by atoms with Gasteiger partial charge in [0.1, 0.15) is 11.8 Å². The van der Waals surface area contributed by atoms with Crippen LogP contribution in [0.15, 0.2) is 65.6 Å². The number of benzene rings is 2. The van der Waals surface area contributed by atoms with Crippen molar-refractivity contribution in [3.8, 4) is 22.8 Å². The van der Waals surface area contributed by atoms with Crippen LogP contribution in [0.4, 0.5) is 0 Å². The lowest BCUT2D eigenvalue weighted by molar-refractivity contribution is -0.140. The van der Waals surface area contributed by atoms with E-state index in [-0.39, 0.29) is 30.4 Å². The van der Waals surface area contributed by atoms with Crippen LogP contribution in [0.25, 0.3) is 11.3 Å². The number of nitrogens with zero attached hydrogens (tertiary/aromatic N) is 2. The summed E-state index contributed by atoms with van der Waals surface area (Å²) in [5.74, 6) is 0.313. The summed E-state index contributed by atoms with van der Waals surface area (Å²) in [6.07, 6.45) is 2.56. The Balaban J connectivity index is 1.19. The fourth-order valence-corrected chi connectivity index (χ4v) is 6.98. The molecule has 1 saturated carbocycles. The van der Waals surface area contributed by atoms with Gasteiger partial charge in [-0.25, -0.2) is 8.42 Å². The number of hydrogen-bond acceptors (Lipinski definition) is 7. The predicted octanol–water partition coefficient (Wildman–Crippen LogP) is 3.56. The number of aliphatic carboxylic acids is 1. The molecule has 1 aliphatic carbocycles. The minimum atomic E-state index is -3.92. The maximum atomic E-state index is 13.4. The Labute approximate surface area is 220 Å². The second-order valence-electron chi connectivity index (χ2n) is 9.90. The van der Waals surface area contributed by atoms with Crippen molar-refractivity contribution in [3.63, 3.8) is 0 Å². The van der Waals surface area contributed by atoms with E-state index in [4.69, 9.17) is 9.47 Å². The number of ketones is 1. The zero-order valence-corrected chi connectivity index (χ0v) is 21.3. The average Bonchev–Trinajstić information content (AvgIpc) is 3.33. The minimum Gasteiger partial charge on any atom is -0.480 e. The Morgan fingerprint density at radius 2 is 1.79 bits per heavy atom. The van der Waals surface area contributed by atoms with Crippen molar-refractivity contribution in [1.29, 1.82) is 0 Å². The Morgan fingerprint density at radius 3 is 2.53 bits per heavy atom. The molecule has 3 aromatic rings. The van der Waals surface area contributed by atoms with Crippen LogP contribution in [0.1, 0.15) is 36.9 Å². The summed E-state index contributed by atoms with van der Waals surface area (Å²) in [7, 11) is -3.92. The van der Waals surface area contributed by atoms with E-state index in [2.05, 4.69) is 4.98 Å². The second kappa shape index (κ2) is 9.21. The number of Topliss-reactive ketones (excluding diaryl/α,β-unsaturated/α-hetero) is 1. The Hall–Kier alpha value is -3.76. The Kier molecular flexibility index (Phi) is 5.96. The molecule has 0 radical (unpaired) electrons. The topological polar surface area (TPSA) is 123 Å². The van der Waals surface area contributed by atoms with Gasteiger partial charge >= 0.3 is 5.97 Å². The molecule has 6 rings (SSSR count). The summed E-state index contributed by atoms with van der Waals surface area (Å²) >= 11 is 0. The molecule has 0 spiro atoms. The molecule has 38 heavy (non-hydrogen) atoms. The second-order valence-corrected chi connectivity index (χ2v) is 11.8. The van der Waals surface area contributed by atoms with Crippen LogP contribution in [0.3, 0.4) is 0 Å². The monoisotopic (exact) mass is 534 g/mol. The fraction of sp³-hybridized carbons (Fsp3) is 0.321. The highest BCUT2D eigenvalue weighted by Gasteiger charge is 2.51. The summed E-state index contributed by atoms with van der Waals surface area (Å²) in [5, 5.41) is 9.38. The summed E-state index contributed by atoms with van der Waals surface area (Å²) < 4.78 is 38.0. The van der Waals surface area contributed by atoms with Gasteiger partial charge in [0, 0.05) is 24.2 Å². The van der Waals surface area contributed by atoms with Gasteiger partial charge in [0.15, 0.2) is 11.5 Å². The largest absolute Gasteiger partial charge is 0.480 e. The predicted molar refractivity (Wildman–Crippen MR) is 136 cm³/mol. The van der Waals surface area contributed by atoms with Crippen molar-refractivity contribution in [2.75, 3.05) is 13.3 Å². The smallest absolute Gasteiger partial charge is 0.322 e. The van der Waals surface area contributed by atoms with E-state index in [1.165, 1.54) is 12.1 Å². The van der Waals surface area contributed by atoms with Gasteiger partial charge in [0.25, 0.3) is 0 Å². The molecule has 196 valence electrons. The third kappa shape index (κ3) is 4.23. The zero-order valence-electron chi connectivity index (χ0n) is 20.5. The Morgan fingerprint density at radius 1 is 1.03 bits per heavy atom. The highest BCUT2D eigenvalue weighted by Crippen LogP contribution is 2.51. The number of carboxylic acid groups (broad SMARTS) is 1. The van der Waals surface area contributed by atoms with Crippen LogP contribution >= 0.6 is 0 Å². The molecule has 0 bridgehead atoms. The number of carboxylic acids is 1. The van der Waals surface area contributed by atoms with Gasteiger partial charge in [0.2, 0.25) is 16.8 Å². The van der Waals surface area contributed by atoms with Crippen LogP contribution in [-0.2, 0) is 31.4 Å². The number of aromatic nitrogens is 1. The van der Waals surface area contributed by atoms with E-state index in [9.17, 15) is 23.1 Å². The molecule has 1 N–H and O–H groups in total. The van der Waals surface area contributed by atoms with E-state index in [1.807, 2.05) is 36.4 Å². The average molecular weight is 535 g/mol. The lowest BCUT2D eigenvalue weighted by Crippen LogP contribution is -2.40. The lowest BCUT2D eigenvalue weighted by Gasteiger charge is -2.21. The highest BCUT2D eigenvalue weighted by atomic mass is 32.2. The first kappa shape index (κ1) is 24.6. The summed E-state index contributed by atoms with van der Waals surface area (Å²) in [6.45, 7) is 0.372. The van der Waals surface area contributed by atoms with Gasteiger partial charge in [-0.2, -0.15) is 4.31 Å². The van der Waals surface area contributed by atoms with Crippen LogP contribution < -0.4 is 9.47 Å². The normalized spacial score (nSPS) is 19.8. The summed E-state index contributed by atoms with van der Waals surface area (Å²) in [5.41, 5.74) is 2.36. The first-order chi connectivity index (χ1) is 18.3. The first-order valence-corrected chi connectivity index (χ1v) is 14.0. The minimum absolute atomic E-state index is 0.0418. The SMILES string of the molecule is O=C(O)[C@@H]1CCCN1S(=O)(=O)c1ccc(-c2cccc(CC(=O)C3(c4ccc5c(c4)OCO5)CC3)n2)cc1. The van der Waals surface area contributed by atoms with E-state index in [0.29, 0.717) is 41.3 Å². The molecule has 1 atom stereocenters. The van der Waals surface area contributed by atoms with Gasteiger partial charge in [-0.05, 0) is 67.6 Å². The van der Waals surface area contributed by atoms with Crippen LogP contribution in [0.2, 0.25) is 0 Å². The number of rotatable bonds is 8. The number of carbonyl (C=O) groups is 2. The van der Waals surface area contributed by atoms with Gasteiger partial charge in [-0.15, -0.1) is 0 Å². The molecule has 0 amide bonds. The number of hydrogen-bond donors (Lipinski definition) is 1. The van der Waals surface area contributed by atoms with Crippen molar-refractivity contribution in [3.05, 3.63) is 71.9 Å². The van der Waals surface area contributed by atoms with Crippen molar-refractivity contribution in [1.82, 2.24) is 9.29 Å².